The van der Waals surface area contributed by atoms with Gasteiger partial charge in [-0.3, -0.25) is 4.79 Å². The topological polar surface area (TPSA) is 82.8 Å². The van der Waals surface area contributed by atoms with Crippen molar-refractivity contribution in [3.05, 3.63) is 23.8 Å². The molecule has 1 fully saturated rings. The lowest BCUT2D eigenvalue weighted by molar-refractivity contribution is -0.120. The van der Waals surface area contributed by atoms with Crippen LogP contribution >= 0.6 is 0 Å². The number of carbonyl (C=O) groups is 1. The molecule has 122 valence electrons. The second-order valence-corrected chi connectivity index (χ2v) is 5.35. The maximum absolute atomic E-state index is 12.2. The molecule has 0 saturated carbocycles. The van der Waals surface area contributed by atoms with Crippen LogP contribution in [0.1, 0.15) is 25.3 Å². The summed E-state index contributed by atoms with van der Waals surface area (Å²) in [4.78, 5) is 12.2. The molecule has 1 aliphatic heterocycles. The molecule has 22 heavy (non-hydrogen) atoms. The molecule has 1 aliphatic rings. The molecule has 1 saturated heterocycles. The lowest BCUT2D eigenvalue weighted by atomic mass is 10.1. The molecule has 2 rings (SSSR count). The number of hydrogen-bond acceptors (Lipinski definition) is 5. The van der Waals surface area contributed by atoms with E-state index < -0.39 is 12.3 Å². The van der Waals surface area contributed by atoms with E-state index in [-0.39, 0.29) is 5.91 Å². The molecular formula is C16H24N2O4. The first-order valence-corrected chi connectivity index (χ1v) is 7.63. The fraction of sp³-hybridized carbons (Fsp3) is 0.562. The predicted molar refractivity (Wildman–Crippen MR) is 83.9 cm³/mol. The fourth-order valence-electron chi connectivity index (χ4n) is 2.15. The van der Waals surface area contributed by atoms with Crippen molar-refractivity contribution in [1.82, 2.24) is 0 Å². The zero-order valence-corrected chi connectivity index (χ0v) is 13.1. The number of hydrogen-bond donors (Lipinski definition) is 2. The zero-order valence-electron chi connectivity index (χ0n) is 13.1. The van der Waals surface area contributed by atoms with E-state index in [1.54, 1.807) is 0 Å². The lowest BCUT2D eigenvalue weighted by Crippen LogP contribution is -2.38. The zero-order chi connectivity index (χ0) is 15.9. The van der Waals surface area contributed by atoms with Crippen LogP contribution in [0.25, 0.3) is 0 Å². The maximum atomic E-state index is 12.2. The minimum Gasteiger partial charge on any atom is -0.491 e. The summed E-state index contributed by atoms with van der Waals surface area (Å²) in [6.07, 6.45) is 0.842. The maximum Gasteiger partial charge on any atom is 0.241 e. The van der Waals surface area contributed by atoms with E-state index in [0.717, 1.165) is 12.0 Å². The predicted octanol–water partition coefficient (Wildman–Crippen LogP) is 1.81. The summed E-state index contributed by atoms with van der Waals surface area (Å²) in [6, 6.07) is 4.96. The molecule has 0 bridgehead atoms. The van der Waals surface area contributed by atoms with Crippen LogP contribution in [0.4, 0.5) is 5.69 Å². The van der Waals surface area contributed by atoms with Crippen LogP contribution in [0.5, 0.6) is 5.75 Å². The van der Waals surface area contributed by atoms with Gasteiger partial charge in [0.2, 0.25) is 5.91 Å². The summed E-state index contributed by atoms with van der Waals surface area (Å²) in [5.41, 5.74) is 7.61. The van der Waals surface area contributed by atoms with Crippen LogP contribution in [0.2, 0.25) is 0 Å². The van der Waals surface area contributed by atoms with E-state index in [2.05, 4.69) is 5.32 Å². The summed E-state index contributed by atoms with van der Waals surface area (Å²) < 4.78 is 16.3. The number of amides is 1. The Morgan fingerprint density at radius 1 is 1.45 bits per heavy atom. The molecule has 0 radical (unpaired) electrons. The van der Waals surface area contributed by atoms with Crippen LogP contribution in [-0.2, 0) is 14.3 Å². The van der Waals surface area contributed by atoms with Gasteiger partial charge in [-0.1, -0.05) is 13.0 Å². The summed E-state index contributed by atoms with van der Waals surface area (Å²) in [5.74, 6) is 0.389. The molecule has 0 aliphatic carbocycles. The normalized spacial score (nSPS) is 16.5. The summed E-state index contributed by atoms with van der Waals surface area (Å²) in [5, 5.41) is 2.82. The SMILES string of the molecule is CCCOc1cc(C)ccc1NC(=O)C(N)CC1OCCO1. The van der Waals surface area contributed by atoms with Gasteiger partial charge in [-0.2, -0.15) is 0 Å². The van der Waals surface area contributed by atoms with E-state index in [4.69, 9.17) is 19.9 Å². The van der Waals surface area contributed by atoms with Gasteiger partial charge < -0.3 is 25.3 Å². The van der Waals surface area contributed by atoms with Crippen molar-refractivity contribution >= 4 is 11.6 Å². The molecule has 3 N–H and O–H groups in total. The third kappa shape index (κ3) is 4.69. The van der Waals surface area contributed by atoms with E-state index in [9.17, 15) is 4.79 Å². The fourth-order valence-corrected chi connectivity index (χ4v) is 2.15. The molecule has 1 aromatic carbocycles. The van der Waals surface area contributed by atoms with Crippen molar-refractivity contribution in [2.75, 3.05) is 25.1 Å². The van der Waals surface area contributed by atoms with Gasteiger partial charge in [0, 0.05) is 6.42 Å². The van der Waals surface area contributed by atoms with Crippen molar-refractivity contribution in [1.29, 1.82) is 0 Å². The average Bonchev–Trinajstić information content (AvgIpc) is 3.00. The first-order chi connectivity index (χ1) is 10.6. The first-order valence-electron chi connectivity index (χ1n) is 7.63. The van der Waals surface area contributed by atoms with Gasteiger partial charge in [-0.25, -0.2) is 0 Å². The van der Waals surface area contributed by atoms with E-state index in [1.807, 2.05) is 32.0 Å². The van der Waals surface area contributed by atoms with Crippen molar-refractivity contribution < 1.29 is 19.0 Å². The molecule has 6 heteroatoms. The number of rotatable bonds is 7. The smallest absolute Gasteiger partial charge is 0.241 e. The quantitative estimate of drug-likeness (QED) is 0.803. The van der Waals surface area contributed by atoms with Crippen LogP contribution in [0.15, 0.2) is 18.2 Å². The van der Waals surface area contributed by atoms with Gasteiger partial charge in [-0.05, 0) is 31.0 Å². The van der Waals surface area contributed by atoms with Gasteiger partial charge in [0.15, 0.2) is 6.29 Å². The Bertz CT molecular complexity index is 501. The summed E-state index contributed by atoms with van der Waals surface area (Å²) >= 11 is 0. The van der Waals surface area contributed by atoms with Crippen LogP contribution in [0, 0.1) is 6.92 Å². The molecule has 1 aromatic rings. The van der Waals surface area contributed by atoms with Crippen molar-refractivity contribution in [2.45, 2.75) is 39.0 Å². The van der Waals surface area contributed by atoms with E-state index in [0.29, 0.717) is 37.7 Å². The average molecular weight is 308 g/mol. The van der Waals surface area contributed by atoms with Gasteiger partial charge >= 0.3 is 0 Å². The highest BCUT2D eigenvalue weighted by Crippen LogP contribution is 2.26. The Kier molecular flexibility index (Phi) is 6.18. The molecule has 6 nitrogen and oxygen atoms in total. The number of carbonyl (C=O) groups excluding carboxylic acids is 1. The Labute approximate surface area is 130 Å². The van der Waals surface area contributed by atoms with Crippen molar-refractivity contribution in [3.63, 3.8) is 0 Å². The van der Waals surface area contributed by atoms with Gasteiger partial charge in [0.05, 0.1) is 31.5 Å². The number of ether oxygens (including phenoxy) is 3. The van der Waals surface area contributed by atoms with Crippen molar-refractivity contribution in [3.8, 4) is 5.75 Å². The Hall–Kier alpha value is -1.63. The van der Waals surface area contributed by atoms with Gasteiger partial charge in [0.1, 0.15) is 5.75 Å². The Morgan fingerprint density at radius 3 is 2.86 bits per heavy atom. The number of benzene rings is 1. The third-order valence-corrected chi connectivity index (χ3v) is 3.33. The molecule has 1 atom stereocenters. The first kappa shape index (κ1) is 16.7. The van der Waals surface area contributed by atoms with Gasteiger partial charge in [0.25, 0.3) is 0 Å². The third-order valence-electron chi connectivity index (χ3n) is 3.33. The second kappa shape index (κ2) is 8.12. The van der Waals surface area contributed by atoms with Gasteiger partial charge in [-0.15, -0.1) is 0 Å². The van der Waals surface area contributed by atoms with Crippen LogP contribution < -0.4 is 15.8 Å². The lowest BCUT2D eigenvalue weighted by Gasteiger charge is -2.17. The number of nitrogens with two attached hydrogens (primary N) is 1. The standard InChI is InChI=1S/C16H24N2O4/c1-3-6-20-14-9-11(2)4-5-13(14)18-16(19)12(17)10-15-21-7-8-22-15/h4-5,9,12,15H,3,6-8,10,17H2,1-2H3,(H,18,19). The largest absolute Gasteiger partial charge is 0.491 e. The molecule has 0 aromatic heterocycles. The highest BCUT2D eigenvalue weighted by Gasteiger charge is 2.24. The van der Waals surface area contributed by atoms with E-state index >= 15 is 0 Å². The van der Waals surface area contributed by atoms with Crippen LogP contribution in [0.3, 0.4) is 0 Å². The Balaban J connectivity index is 1.97. The molecular weight excluding hydrogens is 284 g/mol. The van der Waals surface area contributed by atoms with E-state index in [1.165, 1.54) is 0 Å². The highest BCUT2D eigenvalue weighted by atomic mass is 16.7. The Morgan fingerprint density at radius 2 is 2.18 bits per heavy atom. The minimum absolute atomic E-state index is 0.274. The summed E-state index contributed by atoms with van der Waals surface area (Å²) in [6.45, 7) is 5.70. The molecule has 1 heterocycles. The highest BCUT2D eigenvalue weighted by molar-refractivity contribution is 5.96. The van der Waals surface area contributed by atoms with Crippen LogP contribution in [-0.4, -0.2) is 38.1 Å². The number of nitrogens with one attached hydrogen (secondary N) is 1. The molecule has 1 unspecified atom stereocenters. The molecule has 0 spiro atoms. The molecule has 1 amide bonds. The minimum atomic E-state index is -0.691. The monoisotopic (exact) mass is 308 g/mol. The second-order valence-electron chi connectivity index (χ2n) is 5.35. The number of anilines is 1. The van der Waals surface area contributed by atoms with Crippen molar-refractivity contribution in [2.24, 2.45) is 5.73 Å². The number of aryl methyl sites for hydroxylation is 1. The summed E-state index contributed by atoms with van der Waals surface area (Å²) in [7, 11) is 0.